The zero-order valence-electron chi connectivity index (χ0n) is 18.2. The molecule has 1 aliphatic rings. The number of methoxy groups -OCH3 is 2. The molecule has 2 aromatic carbocycles. The molecule has 1 fully saturated rings. The number of rotatable bonds is 10. The van der Waals surface area contributed by atoms with Crippen molar-refractivity contribution in [1.82, 2.24) is 9.21 Å². The van der Waals surface area contributed by atoms with Crippen molar-refractivity contribution >= 4 is 17.9 Å². The predicted molar refractivity (Wildman–Crippen MR) is 123 cm³/mol. The summed E-state index contributed by atoms with van der Waals surface area (Å²) in [5.41, 5.74) is 2.47. The predicted octanol–water partition coefficient (Wildman–Crippen LogP) is 4.76. The quantitative estimate of drug-likeness (QED) is 0.511. The highest BCUT2D eigenvalue weighted by Crippen LogP contribution is 2.24. The van der Waals surface area contributed by atoms with Crippen LogP contribution in [-0.2, 0) is 17.9 Å². The summed E-state index contributed by atoms with van der Waals surface area (Å²) in [5.74, 6) is 2.92. The first-order chi connectivity index (χ1) is 14.6. The van der Waals surface area contributed by atoms with Gasteiger partial charge in [-0.1, -0.05) is 36.2 Å². The number of hydrogen-bond donors (Lipinski definition) is 0. The number of carbonyl (C=O) groups excluding carboxylic acids is 1. The fourth-order valence-electron chi connectivity index (χ4n) is 3.72. The van der Waals surface area contributed by atoms with Crippen molar-refractivity contribution in [3.8, 4) is 11.5 Å². The molecule has 0 radical (unpaired) electrons. The number of amides is 1. The molecule has 2 aromatic rings. The van der Waals surface area contributed by atoms with E-state index in [2.05, 4.69) is 40.4 Å². The Labute approximate surface area is 184 Å². The summed E-state index contributed by atoms with van der Waals surface area (Å²) in [6.45, 7) is 4.61. The van der Waals surface area contributed by atoms with E-state index in [1.807, 2.05) is 24.3 Å². The minimum atomic E-state index is 0.297. The van der Waals surface area contributed by atoms with Gasteiger partial charge in [0.25, 0.3) is 0 Å². The average Bonchev–Trinajstić information content (AvgIpc) is 2.77. The molecule has 30 heavy (non-hydrogen) atoms. The Kier molecular flexibility index (Phi) is 8.46. The number of ether oxygens (including phenoxy) is 2. The van der Waals surface area contributed by atoms with Crippen LogP contribution in [0.25, 0.3) is 0 Å². The van der Waals surface area contributed by atoms with E-state index in [-0.39, 0.29) is 0 Å². The molecule has 0 spiro atoms. The van der Waals surface area contributed by atoms with Gasteiger partial charge < -0.3 is 14.4 Å². The second-order valence-electron chi connectivity index (χ2n) is 7.66. The molecule has 0 bridgehead atoms. The van der Waals surface area contributed by atoms with Crippen LogP contribution < -0.4 is 9.47 Å². The van der Waals surface area contributed by atoms with Gasteiger partial charge >= 0.3 is 0 Å². The Hall–Kier alpha value is -2.18. The van der Waals surface area contributed by atoms with E-state index in [0.29, 0.717) is 18.4 Å². The van der Waals surface area contributed by atoms with Crippen LogP contribution in [-0.4, -0.2) is 47.7 Å². The van der Waals surface area contributed by atoms with Crippen LogP contribution in [0.15, 0.2) is 48.5 Å². The highest BCUT2D eigenvalue weighted by atomic mass is 32.2. The van der Waals surface area contributed by atoms with Gasteiger partial charge in [0.05, 0.1) is 14.2 Å². The topological polar surface area (TPSA) is 42.0 Å². The lowest BCUT2D eigenvalue weighted by atomic mass is 10.0. The summed E-state index contributed by atoms with van der Waals surface area (Å²) in [4.78, 5) is 14.3. The Morgan fingerprint density at radius 2 is 1.50 bits per heavy atom. The van der Waals surface area contributed by atoms with Gasteiger partial charge in [0, 0.05) is 37.8 Å². The molecule has 0 saturated carbocycles. The molecule has 6 heteroatoms. The molecule has 0 aromatic heterocycles. The van der Waals surface area contributed by atoms with Gasteiger partial charge in [-0.05, 0) is 55.2 Å². The van der Waals surface area contributed by atoms with Crippen LogP contribution in [0.1, 0.15) is 37.3 Å². The van der Waals surface area contributed by atoms with Gasteiger partial charge in [0.15, 0.2) is 0 Å². The second kappa shape index (κ2) is 11.3. The number of carbonyl (C=O) groups is 1. The molecule has 5 nitrogen and oxygen atoms in total. The Morgan fingerprint density at radius 1 is 0.967 bits per heavy atom. The van der Waals surface area contributed by atoms with E-state index in [1.165, 1.54) is 11.1 Å². The average molecular weight is 429 g/mol. The maximum absolute atomic E-state index is 12.3. The molecule has 3 rings (SSSR count). The molecule has 1 unspecified atom stereocenters. The van der Waals surface area contributed by atoms with E-state index in [9.17, 15) is 4.79 Å². The van der Waals surface area contributed by atoms with E-state index in [0.717, 1.165) is 49.7 Å². The molecule has 1 heterocycles. The van der Waals surface area contributed by atoms with Crippen molar-refractivity contribution in [3.63, 3.8) is 0 Å². The van der Waals surface area contributed by atoms with Gasteiger partial charge in [-0.2, -0.15) is 0 Å². The third-order valence-corrected chi connectivity index (χ3v) is 6.50. The summed E-state index contributed by atoms with van der Waals surface area (Å²) in [6.07, 6.45) is 2.82. The monoisotopic (exact) mass is 428 g/mol. The molecule has 0 N–H and O–H groups in total. The van der Waals surface area contributed by atoms with Crippen molar-refractivity contribution in [2.45, 2.75) is 45.3 Å². The second-order valence-corrected chi connectivity index (χ2v) is 8.84. The van der Waals surface area contributed by atoms with E-state index in [1.54, 1.807) is 26.2 Å². The Morgan fingerprint density at radius 3 is 1.97 bits per heavy atom. The van der Waals surface area contributed by atoms with Crippen molar-refractivity contribution in [2.75, 3.05) is 26.5 Å². The molecule has 1 aliphatic heterocycles. The minimum absolute atomic E-state index is 0.297. The number of nitrogens with zero attached hydrogens (tertiary/aromatic N) is 2. The minimum Gasteiger partial charge on any atom is -0.497 e. The fourth-order valence-corrected chi connectivity index (χ4v) is 4.74. The summed E-state index contributed by atoms with van der Waals surface area (Å²) in [5, 5.41) is 0. The number of hydrogen-bond acceptors (Lipinski definition) is 5. The number of piperidine rings is 1. The lowest BCUT2D eigenvalue weighted by Gasteiger charge is -2.34. The zero-order chi connectivity index (χ0) is 21.3. The van der Waals surface area contributed by atoms with Crippen LogP contribution in [0.5, 0.6) is 11.5 Å². The van der Waals surface area contributed by atoms with E-state index in [4.69, 9.17) is 9.47 Å². The fraction of sp³-hybridized carbons (Fsp3) is 0.458. The Balaban J connectivity index is 1.63. The van der Waals surface area contributed by atoms with Crippen LogP contribution in [0.3, 0.4) is 0 Å². The maximum atomic E-state index is 12.3. The van der Waals surface area contributed by atoms with E-state index < -0.39 is 0 Å². The van der Waals surface area contributed by atoms with Crippen molar-refractivity contribution in [2.24, 2.45) is 0 Å². The van der Waals surface area contributed by atoms with Gasteiger partial charge in [0.2, 0.25) is 5.91 Å². The molecule has 1 atom stereocenters. The van der Waals surface area contributed by atoms with Crippen LogP contribution in [0.2, 0.25) is 0 Å². The maximum Gasteiger partial charge on any atom is 0.222 e. The van der Waals surface area contributed by atoms with Gasteiger partial charge in [0.1, 0.15) is 11.5 Å². The first-order valence-electron chi connectivity index (χ1n) is 10.5. The molecule has 0 aliphatic carbocycles. The summed E-state index contributed by atoms with van der Waals surface area (Å²) in [6, 6.07) is 16.8. The number of benzene rings is 2. The molecule has 1 saturated heterocycles. The van der Waals surface area contributed by atoms with Crippen molar-refractivity contribution < 1.29 is 14.3 Å². The standard InChI is InChI=1S/C24H32N2O3S/c1-19-5-4-6-24(27)26(19)15-16-30-25(17-20-7-11-22(28-2)12-8-20)18-21-9-13-23(29-3)14-10-21/h7-14,19H,4-6,15-18H2,1-3H3. The normalized spacial score (nSPS) is 16.7. The third-order valence-electron chi connectivity index (χ3n) is 5.51. The first-order valence-corrected chi connectivity index (χ1v) is 11.5. The SMILES string of the molecule is COc1ccc(CN(Cc2ccc(OC)cc2)SCCN2C(=O)CCCC2C)cc1. The highest BCUT2D eigenvalue weighted by Gasteiger charge is 2.24. The van der Waals surface area contributed by atoms with Crippen LogP contribution in [0, 0.1) is 0 Å². The number of likely N-dealkylation sites (tertiary alicyclic amines) is 1. The molecular formula is C24H32N2O3S. The molecule has 162 valence electrons. The zero-order valence-corrected chi connectivity index (χ0v) is 19.0. The van der Waals surface area contributed by atoms with Gasteiger partial charge in [-0.15, -0.1) is 0 Å². The third kappa shape index (κ3) is 6.41. The smallest absolute Gasteiger partial charge is 0.222 e. The summed E-state index contributed by atoms with van der Waals surface area (Å²) < 4.78 is 12.9. The largest absolute Gasteiger partial charge is 0.497 e. The van der Waals surface area contributed by atoms with Gasteiger partial charge in [-0.25, -0.2) is 4.31 Å². The molecular weight excluding hydrogens is 396 g/mol. The van der Waals surface area contributed by atoms with Crippen LogP contribution >= 0.6 is 11.9 Å². The van der Waals surface area contributed by atoms with Gasteiger partial charge in [-0.3, -0.25) is 4.79 Å². The Bertz CT molecular complexity index is 746. The van der Waals surface area contributed by atoms with Crippen LogP contribution in [0.4, 0.5) is 0 Å². The lowest BCUT2D eigenvalue weighted by Crippen LogP contribution is -2.43. The summed E-state index contributed by atoms with van der Waals surface area (Å²) >= 11 is 1.81. The highest BCUT2D eigenvalue weighted by molar-refractivity contribution is 7.97. The first kappa shape index (κ1) is 22.5. The van der Waals surface area contributed by atoms with E-state index >= 15 is 0 Å². The van der Waals surface area contributed by atoms with Crippen molar-refractivity contribution in [1.29, 1.82) is 0 Å². The van der Waals surface area contributed by atoms with Crippen molar-refractivity contribution in [3.05, 3.63) is 59.7 Å². The molecule has 1 amide bonds. The lowest BCUT2D eigenvalue weighted by molar-refractivity contribution is -0.135. The summed E-state index contributed by atoms with van der Waals surface area (Å²) in [7, 11) is 3.37.